The molecule has 1 N–H and O–H groups in total. The van der Waals surface area contributed by atoms with Crippen LogP contribution in [0.5, 0.6) is 0 Å². The van der Waals surface area contributed by atoms with Crippen molar-refractivity contribution in [2.75, 3.05) is 39.5 Å². The molecule has 8 nitrogen and oxygen atoms in total. The zero-order chi connectivity index (χ0) is 16.4. The van der Waals surface area contributed by atoms with Crippen molar-refractivity contribution in [3.63, 3.8) is 0 Å². The highest BCUT2D eigenvalue weighted by Gasteiger charge is 2.38. The molecule has 1 aliphatic heterocycles. The molecular weight excluding hydrogens is 294 g/mol. The molecule has 1 fully saturated rings. The van der Waals surface area contributed by atoms with E-state index >= 15 is 0 Å². The Morgan fingerprint density at radius 3 is 2.74 bits per heavy atom. The fourth-order valence-corrected chi connectivity index (χ4v) is 2.95. The van der Waals surface area contributed by atoms with Crippen LogP contribution in [0.25, 0.3) is 0 Å². The van der Waals surface area contributed by atoms with E-state index in [0.29, 0.717) is 18.7 Å². The van der Waals surface area contributed by atoms with E-state index in [9.17, 15) is 4.79 Å². The molecule has 0 spiro atoms. The molecule has 122 valence electrons. The van der Waals surface area contributed by atoms with E-state index in [1.807, 2.05) is 35.9 Å². The molecule has 3 rings (SSSR count). The van der Waals surface area contributed by atoms with Crippen molar-refractivity contribution in [2.24, 2.45) is 0 Å². The summed E-state index contributed by atoms with van der Waals surface area (Å²) in [6.07, 6.45) is 5.12. The van der Waals surface area contributed by atoms with Gasteiger partial charge in [0.2, 0.25) is 0 Å². The molecule has 8 heteroatoms. The Bertz CT molecular complexity index is 653. The Balaban J connectivity index is 1.79. The Morgan fingerprint density at radius 1 is 1.35 bits per heavy atom. The highest BCUT2D eigenvalue weighted by atomic mass is 16.2. The van der Waals surface area contributed by atoms with Gasteiger partial charge in [-0.05, 0) is 26.2 Å². The second kappa shape index (κ2) is 6.33. The zero-order valence-corrected chi connectivity index (χ0v) is 13.5. The predicted octanol–water partition coefficient (Wildman–Crippen LogP) is 0.342. The second-order valence-electron chi connectivity index (χ2n) is 5.87. The maximum atomic E-state index is 12.7. The van der Waals surface area contributed by atoms with Crippen LogP contribution in [0.1, 0.15) is 16.4 Å². The van der Waals surface area contributed by atoms with Gasteiger partial charge in [-0.15, -0.1) is 5.10 Å². The van der Waals surface area contributed by atoms with E-state index in [-0.39, 0.29) is 18.0 Å². The fraction of sp³-hybridized carbons (Fsp3) is 0.467. The van der Waals surface area contributed by atoms with Gasteiger partial charge in [0.25, 0.3) is 5.91 Å². The average molecular weight is 315 g/mol. The number of amides is 1. The molecule has 0 unspecified atom stereocenters. The standard InChI is InChI=1S/C15H21N7O/c1-16-14-5-4-11(8-17-14)15(23)21-9-12(20(2)3)13(10-21)22-7-6-18-19-22/h4-8,12-13H,9-10H2,1-3H3,(H,16,17)/t12-,13+/m1/s1. The summed E-state index contributed by atoms with van der Waals surface area (Å²) < 4.78 is 1.83. The summed E-state index contributed by atoms with van der Waals surface area (Å²) in [5, 5.41) is 10.9. The third-order valence-corrected chi connectivity index (χ3v) is 4.26. The van der Waals surface area contributed by atoms with Crippen molar-refractivity contribution in [3.8, 4) is 0 Å². The largest absolute Gasteiger partial charge is 0.373 e. The molecule has 23 heavy (non-hydrogen) atoms. The SMILES string of the molecule is CNc1ccc(C(=O)N2C[C@@H](N(C)C)[C@@H](n3ccnn3)C2)cn1. The number of carbonyl (C=O) groups excluding carboxylic acids is 1. The summed E-state index contributed by atoms with van der Waals surface area (Å²) in [7, 11) is 5.84. The summed E-state index contributed by atoms with van der Waals surface area (Å²) in [4.78, 5) is 20.9. The second-order valence-corrected chi connectivity index (χ2v) is 5.87. The van der Waals surface area contributed by atoms with E-state index in [0.717, 1.165) is 5.82 Å². The number of likely N-dealkylation sites (tertiary alicyclic amines) is 1. The van der Waals surface area contributed by atoms with E-state index in [4.69, 9.17) is 0 Å². The normalized spacial score (nSPS) is 21.0. The minimum absolute atomic E-state index is 0.00498. The lowest BCUT2D eigenvalue weighted by Gasteiger charge is -2.24. The maximum Gasteiger partial charge on any atom is 0.255 e. The van der Waals surface area contributed by atoms with Gasteiger partial charge in [0, 0.05) is 32.5 Å². The number of nitrogens with zero attached hydrogens (tertiary/aromatic N) is 6. The number of hydrogen-bond acceptors (Lipinski definition) is 6. The predicted molar refractivity (Wildman–Crippen MR) is 86.2 cm³/mol. The lowest BCUT2D eigenvalue weighted by Crippen LogP contribution is -2.37. The van der Waals surface area contributed by atoms with E-state index < -0.39 is 0 Å². The van der Waals surface area contributed by atoms with Gasteiger partial charge in [0.1, 0.15) is 5.82 Å². The summed E-state index contributed by atoms with van der Waals surface area (Å²) >= 11 is 0. The Morgan fingerprint density at radius 2 is 2.17 bits per heavy atom. The van der Waals surface area contributed by atoms with Crippen molar-refractivity contribution in [1.29, 1.82) is 0 Å². The molecule has 0 radical (unpaired) electrons. The molecule has 0 aromatic carbocycles. The number of aromatic nitrogens is 4. The first-order valence-electron chi connectivity index (χ1n) is 7.55. The van der Waals surface area contributed by atoms with Gasteiger partial charge in [-0.3, -0.25) is 4.79 Å². The zero-order valence-electron chi connectivity index (χ0n) is 13.5. The highest BCUT2D eigenvalue weighted by molar-refractivity contribution is 5.94. The van der Waals surface area contributed by atoms with E-state index in [1.165, 1.54) is 0 Å². The van der Waals surface area contributed by atoms with Crippen LogP contribution in [-0.4, -0.2) is 76.0 Å². The van der Waals surface area contributed by atoms with Crippen LogP contribution in [-0.2, 0) is 0 Å². The average Bonchev–Trinajstić information content (AvgIpc) is 3.23. The lowest BCUT2D eigenvalue weighted by molar-refractivity contribution is 0.0780. The highest BCUT2D eigenvalue weighted by Crippen LogP contribution is 2.25. The Labute approximate surface area is 135 Å². The van der Waals surface area contributed by atoms with Gasteiger partial charge in [0.05, 0.1) is 23.8 Å². The number of anilines is 1. The molecule has 1 amide bonds. The topological polar surface area (TPSA) is 79.2 Å². The van der Waals surface area contributed by atoms with Crippen LogP contribution in [0.15, 0.2) is 30.7 Å². The van der Waals surface area contributed by atoms with Crippen molar-refractivity contribution in [3.05, 3.63) is 36.3 Å². The first-order valence-corrected chi connectivity index (χ1v) is 7.55. The number of hydrogen-bond donors (Lipinski definition) is 1. The number of likely N-dealkylation sites (N-methyl/N-ethyl adjacent to an activating group) is 1. The molecule has 3 heterocycles. The minimum Gasteiger partial charge on any atom is -0.373 e. The molecule has 1 saturated heterocycles. The van der Waals surface area contributed by atoms with Gasteiger partial charge in [-0.2, -0.15) is 0 Å². The summed E-state index contributed by atoms with van der Waals surface area (Å²) in [5.41, 5.74) is 0.598. The van der Waals surface area contributed by atoms with Gasteiger partial charge in [-0.25, -0.2) is 9.67 Å². The Hall–Kier alpha value is -2.48. The first kappa shape index (κ1) is 15.4. The van der Waals surface area contributed by atoms with Crippen molar-refractivity contribution >= 4 is 11.7 Å². The fourth-order valence-electron chi connectivity index (χ4n) is 2.95. The van der Waals surface area contributed by atoms with Crippen LogP contribution >= 0.6 is 0 Å². The quantitative estimate of drug-likeness (QED) is 0.876. The van der Waals surface area contributed by atoms with Gasteiger partial charge in [-0.1, -0.05) is 5.21 Å². The molecule has 0 aliphatic carbocycles. The Kier molecular flexibility index (Phi) is 4.24. The smallest absolute Gasteiger partial charge is 0.255 e. The lowest BCUT2D eigenvalue weighted by atomic mass is 10.1. The van der Waals surface area contributed by atoms with Gasteiger partial charge >= 0.3 is 0 Å². The van der Waals surface area contributed by atoms with Crippen molar-refractivity contribution in [2.45, 2.75) is 12.1 Å². The molecule has 0 saturated carbocycles. The van der Waals surface area contributed by atoms with Gasteiger partial charge in [0.15, 0.2) is 0 Å². The first-order chi connectivity index (χ1) is 11.1. The molecular formula is C15H21N7O. The maximum absolute atomic E-state index is 12.7. The number of carbonyl (C=O) groups is 1. The third-order valence-electron chi connectivity index (χ3n) is 4.26. The van der Waals surface area contributed by atoms with Crippen LogP contribution in [0.3, 0.4) is 0 Å². The third kappa shape index (κ3) is 3.02. The molecule has 2 aromatic heterocycles. The summed E-state index contributed by atoms with van der Waals surface area (Å²) in [5.74, 6) is 0.740. The number of rotatable bonds is 4. The van der Waals surface area contributed by atoms with Crippen LogP contribution in [0, 0.1) is 0 Å². The van der Waals surface area contributed by atoms with Crippen molar-refractivity contribution < 1.29 is 4.79 Å². The van der Waals surface area contributed by atoms with E-state index in [2.05, 4.69) is 25.5 Å². The van der Waals surface area contributed by atoms with Crippen LogP contribution in [0.4, 0.5) is 5.82 Å². The molecule has 2 atom stereocenters. The number of nitrogens with one attached hydrogen (secondary N) is 1. The molecule has 1 aliphatic rings. The van der Waals surface area contributed by atoms with Crippen LogP contribution in [0.2, 0.25) is 0 Å². The minimum atomic E-state index is -0.00498. The van der Waals surface area contributed by atoms with Crippen LogP contribution < -0.4 is 5.32 Å². The molecule has 2 aromatic rings. The monoisotopic (exact) mass is 315 g/mol. The van der Waals surface area contributed by atoms with E-state index in [1.54, 1.807) is 25.5 Å². The summed E-state index contributed by atoms with van der Waals surface area (Å²) in [6.45, 7) is 1.27. The van der Waals surface area contributed by atoms with Gasteiger partial charge < -0.3 is 15.1 Å². The molecule has 0 bridgehead atoms. The summed E-state index contributed by atoms with van der Waals surface area (Å²) in [6, 6.07) is 3.90. The number of pyridine rings is 1. The van der Waals surface area contributed by atoms with Crippen molar-refractivity contribution in [1.82, 2.24) is 29.8 Å².